The number of carbonyl (C=O) groups is 2. The summed E-state index contributed by atoms with van der Waals surface area (Å²) < 4.78 is 0. The summed E-state index contributed by atoms with van der Waals surface area (Å²) in [6.45, 7) is 29.1. The number of likely N-dealkylation sites (tertiary alicyclic amines) is 1. The van der Waals surface area contributed by atoms with Crippen LogP contribution in [0.3, 0.4) is 0 Å². The molecule has 3 N–H and O–H groups in total. The van der Waals surface area contributed by atoms with Gasteiger partial charge >= 0.3 is 6.03 Å². The Hall–Kier alpha value is -2.24. The Kier molecular flexibility index (Phi) is 11.3. The van der Waals surface area contributed by atoms with Crippen molar-refractivity contribution in [2.45, 2.75) is 112 Å². The summed E-state index contributed by atoms with van der Waals surface area (Å²) in [5.74, 6) is 1.43. The van der Waals surface area contributed by atoms with E-state index in [-0.39, 0.29) is 41.3 Å². The zero-order chi connectivity index (χ0) is 27.9. The lowest BCUT2D eigenvalue weighted by Gasteiger charge is -2.37. The maximum Gasteiger partial charge on any atom is 0.315 e. The Morgan fingerprint density at radius 2 is 1.70 bits per heavy atom. The number of allylic oxidation sites excluding steroid dienone is 1. The minimum absolute atomic E-state index is 0.0293. The van der Waals surface area contributed by atoms with Crippen molar-refractivity contribution in [2.24, 2.45) is 23.2 Å². The lowest BCUT2D eigenvalue weighted by Crippen LogP contribution is -2.50. The molecular formula is C31H54N4O2. The van der Waals surface area contributed by atoms with Gasteiger partial charge in [-0.05, 0) is 62.7 Å². The van der Waals surface area contributed by atoms with Gasteiger partial charge in [-0.25, -0.2) is 4.79 Å². The summed E-state index contributed by atoms with van der Waals surface area (Å²) in [7, 11) is 0. The van der Waals surface area contributed by atoms with E-state index in [1.165, 1.54) is 19.3 Å². The van der Waals surface area contributed by atoms with Crippen molar-refractivity contribution in [2.75, 3.05) is 13.1 Å². The van der Waals surface area contributed by atoms with Crippen LogP contribution in [0.2, 0.25) is 0 Å². The second-order valence-corrected chi connectivity index (χ2v) is 13.0. The number of Topliss-reactive ketones (excluding diaryl/α,β-unsaturated/α-hetero) is 1. The van der Waals surface area contributed by atoms with Crippen LogP contribution in [0, 0.1) is 23.2 Å². The van der Waals surface area contributed by atoms with E-state index >= 15 is 0 Å². The first kappa shape index (κ1) is 31.0. The topological polar surface area (TPSA) is 73.5 Å². The van der Waals surface area contributed by atoms with Gasteiger partial charge in [-0.1, -0.05) is 72.6 Å². The summed E-state index contributed by atoms with van der Waals surface area (Å²) in [4.78, 5) is 27.6. The largest absolute Gasteiger partial charge is 0.377 e. The molecule has 1 heterocycles. The highest BCUT2D eigenvalue weighted by Crippen LogP contribution is 2.41. The summed E-state index contributed by atoms with van der Waals surface area (Å²) in [6.07, 6.45) is 7.31. The molecular weight excluding hydrogens is 460 g/mol. The minimum Gasteiger partial charge on any atom is -0.377 e. The molecule has 37 heavy (non-hydrogen) atoms. The van der Waals surface area contributed by atoms with Gasteiger partial charge in [0.2, 0.25) is 0 Å². The van der Waals surface area contributed by atoms with Crippen LogP contribution in [-0.4, -0.2) is 47.9 Å². The molecule has 2 amide bonds. The SMILES string of the molecule is C=C(C)CCCNC(=O)NC(C(=C)N1C[C@H](C(C)(C)C)CC1C(=C)NC(CC1CCC1)C(C)=O)C(C)C. The maximum absolute atomic E-state index is 12.7. The molecule has 1 aliphatic heterocycles. The third-order valence-corrected chi connectivity index (χ3v) is 8.32. The molecule has 0 bridgehead atoms. The van der Waals surface area contributed by atoms with Crippen molar-refractivity contribution in [1.29, 1.82) is 0 Å². The van der Waals surface area contributed by atoms with Crippen molar-refractivity contribution in [3.05, 3.63) is 36.7 Å². The van der Waals surface area contributed by atoms with Crippen LogP contribution in [0.25, 0.3) is 0 Å². The fourth-order valence-corrected chi connectivity index (χ4v) is 5.42. The molecule has 2 aliphatic rings. The van der Waals surface area contributed by atoms with Gasteiger partial charge in [-0.3, -0.25) is 4.79 Å². The van der Waals surface area contributed by atoms with Crippen molar-refractivity contribution in [1.82, 2.24) is 20.9 Å². The molecule has 4 atom stereocenters. The van der Waals surface area contributed by atoms with Crippen LogP contribution in [0.4, 0.5) is 4.79 Å². The number of nitrogens with zero attached hydrogens (tertiary/aromatic N) is 1. The molecule has 0 aromatic rings. The van der Waals surface area contributed by atoms with Crippen molar-refractivity contribution < 1.29 is 9.59 Å². The highest BCUT2D eigenvalue weighted by molar-refractivity contribution is 5.81. The van der Waals surface area contributed by atoms with Gasteiger partial charge in [-0.15, -0.1) is 6.58 Å². The lowest BCUT2D eigenvalue weighted by atomic mass is 9.79. The quantitative estimate of drug-likeness (QED) is 0.191. The van der Waals surface area contributed by atoms with E-state index in [0.717, 1.165) is 49.2 Å². The molecule has 6 nitrogen and oxygen atoms in total. The third-order valence-electron chi connectivity index (χ3n) is 8.32. The van der Waals surface area contributed by atoms with Gasteiger partial charge in [0.05, 0.1) is 18.1 Å². The first-order valence-corrected chi connectivity index (χ1v) is 14.3. The van der Waals surface area contributed by atoms with E-state index in [9.17, 15) is 9.59 Å². The van der Waals surface area contributed by atoms with Crippen LogP contribution in [-0.2, 0) is 4.79 Å². The van der Waals surface area contributed by atoms with Crippen LogP contribution >= 0.6 is 0 Å². The van der Waals surface area contributed by atoms with Crippen LogP contribution < -0.4 is 16.0 Å². The van der Waals surface area contributed by atoms with Crippen molar-refractivity contribution in [3.8, 4) is 0 Å². The zero-order valence-electron chi connectivity index (χ0n) is 24.7. The Labute approximate surface area is 226 Å². The van der Waals surface area contributed by atoms with Gasteiger partial charge in [-0.2, -0.15) is 0 Å². The molecule has 1 saturated heterocycles. The summed E-state index contributed by atoms with van der Waals surface area (Å²) in [5, 5.41) is 9.70. The molecule has 210 valence electrons. The standard InChI is InChI=1S/C31H54N4O2/c1-20(2)13-12-16-32-30(37)34-29(21(3)4)23(6)35-19-26(31(8,9)10)18-28(35)22(5)33-27(24(7)36)17-25-14-11-15-25/h21,25-29,33H,1,5-6,11-19H2,2-4,7-10H3,(H2,32,34,37)/t26-,27?,28?,29?/m1/s1. The molecule has 0 spiro atoms. The number of hydrogen-bond donors (Lipinski definition) is 3. The molecule has 2 rings (SSSR count). The summed E-state index contributed by atoms with van der Waals surface area (Å²) >= 11 is 0. The van der Waals surface area contributed by atoms with Gasteiger partial charge in [0.25, 0.3) is 0 Å². The van der Waals surface area contributed by atoms with E-state index in [4.69, 9.17) is 0 Å². The molecule has 6 heteroatoms. The van der Waals surface area contributed by atoms with E-state index in [1.807, 2.05) is 6.92 Å². The first-order chi connectivity index (χ1) is 17.2. The number of hydrogen-bond acceptors (Lipinski definition) is 4. The predicted octanol–water partition coefficient (Wildman–Crippen LogP) is 6.17. The zero-order valence-corrected chi connectivity index (χ0v) is 24.7. The lowest BCUT2D eigenvalue weighted by molar-refractivity contribution is -0.119. The van der Waals surface area contributed by atoms with Crippen LogP contribution in [0.1, 0.15) is 93.4 Å². The third kappa shape index (κ3) is 9.22. The monoisotopic (exact) mass is 514 g/mol. The minimum atomic E-state index is -0.200. The number of nitrogens with one attached hydrogen (secondary N) is 3. The number of urea groups is 1. The van der Waals surface area contributed by atoms with Gasteiger partial charge in [0.15, 0.2) is 5.78 Å². The number of amides is 2. The van der Waals surface area contributed by atoms with E-state index in [1.54, 1.807) is 6.92 Å². The average molecular weight is 515 g/mol. The smallest absolute Gasteiger partial charge is 0.315 e. The summed E-state index contributed by atoms with van der Waals surface area (Å²) in [6, 6.07) is -0.528. The predicted molar refractivity (Wildman–Crippen MR) is 155 cm³/mol. The Morgan fingerprint density at radius 3 is 2.19 bits per heavy atom. The maximum atomic E-state index is 12.7. The number of ketones is 1. The molecule has 0 aromatic carbocycles. The second kappa shape index (κ2) is 13.5. The van der Waals surface area contributed by atoms with E-state index < -0.39 is 0 Å². The molecule has 3 unspecified atom stereocenters. The Balaban J connectivity index is 2.15. The first-order valence-electron chi connectivity index (χ1n) is 14.3. The van der Waals surface area contributed by atoms with E-state index in [0.29, 0.717) is 18.4 Å². The molecule has 0 radical (unpaired) electrons. The van der Waals surface area contributed by atoms with Crippen LogP contribution in [0.5, 0.6) is 0 Å². The van der Waals surface area contributed by atoms with Gasteiger partial charge < -0.3 is 20.9 Å². The molecule has 1 saturated carbocycles. The van der Waals surface area contributed by atoms with E-state index in [2.05, 4.69) is 75.2 Å². The Bertz CT molecular complexity index is 837. The number of carbonyl (C=O) groups excluding carboxylic acids is 2. The highest BCUT2D eigenvalue weighted by Gasteiger charge is 2.42. The fourth-order valence-electron chi connectivity index (χ4n) is 5.42. The average Bonchev–Trinajstić information content (AvgIpc) is 3.21. The second-order valence-electron chi connectivity index (χ2n) is 13.0. The van der Waals surface area contributed by atoms with Gasteiger partial charge in [0, 0.05) is 24.5 Å². The molecule has 2 fully saturated rings. The molecule has 0 aromatic heterocycles. The highest BCUT2D eigenvalue weighted by atomic mass is 16.2. The summed E-state index contributed by atoms with van der Waals surface area (Å²) in [5.41, 5.74) is 3.04. The molecule has 1 aliphatic carbocycles. The van der Waals surface area contributed by atoms with Crippen LogP contribution in [0.15, 0.2) is 36.7 Å². The Morgan fingerprint density at radius 1 is 1.05 bits per heavy atom. The van der Waals surface area contributed by atoms with Crippen molar-refractivity contribution >= 4 is 11.8 Å². The number of rotatable bonds is 14. The van der Waals surface area contributed by atoms with Crippen molar-refractivity contribution in [3.63, 3.8) is 0 Å². The van der Waals surface area contributed by atoms with Gasteiger partial charge in [0.1, 0.15) is 0 Å². The normalized spacial score (nSPS) is 21.7. The fraction of sp³-hybridized carbons (Fsp3) is 0.742.